The third-order valence-electron chi connectivity index (χ3n) is 3.83. The zero-order chi connectivity index (χ0) is 14.2. The summed E-state index contributed by atoms with van der Waals surface area (Å²) in [6, 6.07) is 5.42. The molecule has 1 N–H and O–H groups in total. The number of hydrogen-bond donors (Lipinski definition) is 1. The summed E-state index contributed by atoms with van der Waals surface area (Å²) in [7, 11) is 0. The molecule has 3 rings (SSSR count). The second-order valence-corrected chi connectivity index (χ2v) is 5.39. The normalized spacial score (nSPS) is 25.9. The largest absolute Gasteiger partial charge is 0.361 e. The number of aryl methyl sites for hydroxylation is 1. The highest BCUT2D eigenvalue weighted by Gasteiger charge is 2.43. The van der Waals surface area contributed by atoms with Gasteiger partial charge >= 0.3 is 0 Å². The fourth-order valence-electron chi connectivity index (χ4n) is 2.68. The molecule has 3 heterocycles. The van der Waals surface area contributed by atoms with Gasteiger partial charge in [0, 0.05) is 18.8 Å². The summed E-state index contributed by atoms with van der Waals surface area (Å²) in [5.74, 6) is -0.174. The van der Waals surface area contributed by atoms with E-state index in [0.29, 0.717) is 25.3 Å². The van der Waals surface area contributed by atoms with E-state index in [9.17, 15) is 9.59 Å². The van der Waals surface area contributed by atoms with Gasteiger partial charge in [-0.3, -0.25) is 9.59 Å². The molecule has 2 fully saturated rings. The third-order valence-corrected chi connectivity index (χ3v) is 3.83. The SMILES string of the molecule is Cc1cccc(C(=O)N2CCC3(CNC(=O)CO3)C2)n1. The second kappa shape index (κ2) is 4.86. The van der Waals surface area contributed by atoms with Crippen LogP contribution in [0.3, 0.4) is 0 Å². The van der Waals surface area contributed by atoms with Crippen molar-refractivity contribution in [3.63, 3.8) is 0 Å². The molecule has 1 spiro atoms. The van der Waals surface area contributed by atoms with E-state index in [4.69, 9.17) is 4.74 Å². The van der Waals surface area contributed by atoms with Crippen molar-refractivity contribution < 1.29 is 14.3 Å². The van der Waals surface area contributed by atoms with Gasteiger partial charge in [0.2, 0.25) is 5.91 Å². The van der Waals surface area contributed by atoms with Crippen molar-refractivity contribution >= 4 is 11.8 Å². The first kappa shape index (κ1) is 13.1. The fourth-order valence-corrected chi connectivity index (χ4v) is 2.68. The van der Waals surface area contributed by atoms with E-state index in [1.807, 2.05) is 19.1 Å². The molecule has 106 valence electrons. The number of carbonyl (C=O) groups is 2. The second-order valence-electron chi connectivity index (χ2n) is 5.39. The maximum Gasteiger partial charge on any atom is 0.272 e. The number of nitrogens with zero attached hydrogens (tertiary/aromatic N) is 2. The minimum Gasteiger partial charge on any atom is -0.361 e. The molecule has 1 aromatic rings. The average Bonchev–Trinajstić information content (AvgIpc) is 2.86. The Morgan fingerprint density at radius 3 is 3.05 bits per heavy atom. The third kappa shape index (κ3) is 2.38. The molecular formula is C14H17N3O3. The van der Waals surface area contributed by atoms with Crippen LogP contribution in [0.25, 0.3) is 0 Å². The Morgan fingerprint density at radius 2 is 2.35 bits per heavy atom. The highest BCUT2D eigenvalue weighted by Crippen LogP contribution is 2.27. The van der Waals surface area contributed by atoms with Gasteiger partial charge in [0.25, 0.3) is 5.91 Å². The molecule has 0 saturated carbocycles. The van der Waals surface area contributed by atoms with Crippen molar-refractivity contribution in [1.82, 2.24) is 15.2 Å². The number of rotatable bonds is 1. The van der Waals surface area contributed by atoms with E-state index in [2.05, 4.69) is 10.3 Å². The molecule has 6 heteroatoms. The number of amides is 2. The minimum atomic E-state index is -0.423. The Labute approximate surface area is 117 Å². The summed E-state index contributed by atoms with van der Waals surface area (Å²) >= 11 is 0. The lowest BCUT2D eigenvalue weighted by molar-refractivity contribution is -0.141. The fraction of sp³-hybridized carbons (Fsp3) is 0.500. The Bertz CT molecular complexity index is 548. The van der Waals surface area contributed by atoms with E-state index >= 15 is 0 Å². The van der Waals surface area contributed by atoms with Gasteiger partial charge in [-0.1, -0.05) is 6.07 Å². The molecule has 0 radical (unpaired) electrons. The Morgan fingerprint density at radius 1 is 1.50 bits per heavy atom. The summed E-state index contributed by atoms with van der Waals surface area (Å²) in [5, 5.41) is 2.81. The summed E-state index contributed by atoms with van der Waals surface area (Å²) in [6.07, 6.45) is 0.741. The molecule has 2 aliphatic heterocycles. The first-order valence-corrected chi connectivity index (χ1v) is 6.72. The molecule has 1 aromatic heterocycles. The lowest BCUT2D eigenvalue weighted by Crippen LogP contribution is -2.54. The molecule has 2 amide bonds. The molecule has 0 aromatic carbocycles. The molecule has 1 unspecified atom stereocenters. The van der Waals surface area contributed by atoms with E-state index in [0.717, 1.165) is 12.1 Å². The number of morpholine rings is 1. The minimum absolute atomic E-state index is 0.0741. The maximum absolute atomic E-state index is 12.4. The van der Waals surface area contributed by atoms with Gasteiger partial charge in [0.05, 0.1) is 6.54 Å². The van der Waals surface area contributed by atoms with Gasteiger partial charge in [-0.25, -0.2) is 4.98 Å². The molecule has 6 nitrogen and oxygen atoms in total. The molecule has 1 atom stereocenters. The predicted molar refractivity (Wildman–Crippen MR) is 71.2 cm³/mol. The maximum atomic E-state index is 12.4. The van der Waals surface area contributed by atoms with Crippen LogP contribution in [0.1, 0.15) is 22.6 Å². The number of ether oxygens (including phenoxy) is 1. The average molecular weight is 275 g/mol. The van der Waals surface area contributed by atoms with Crippen LogP contribution in [-0.2, 0) is 9.53 Å². The highest BCUT2D eigenvalue weighted by atomic mass is 16.5. The first-order chi connectivity index (χ1) is 9.58. The summed E-state index contributed by atoms with van der Waals surface area (Å²) in [6.45, 7) is 3.54. The van der Waals surface area contributed by atoms with Gasteiger partial charge in [-0.2, -0.15) is 0 Å². The Hall–Kier alpha value is -1.95. The van der Waals surface area contributed by atoms with Crippen LogP contribution in [-0.4, -0.2) is 53.5 Å². The topological polar surface area (TPSA) is 71.5 Å². The molecule has 20 heavy (non-hydrogen) atoms. The van der Waals surface area contributed by atoms with Crippen molar-refractivity contribution in [3.05, 3.63) is 29.6 Å². The zero-order valence-corrected chi connectivity index (χ0v) is 11.4. The monoisotopic (exact) mass is 275 g/mol. The summed E-state index contributed by atoms with van der Waals surface area (Å²) < 4.78 is 5.65. The van der Waals surface area contributed by atoms with Crippen LogP contribution in [0.15, 0.2) is 18.2 Å². The number of pyridine rings is 1. The highest BCUT2D eigenvalue weighted by molar-refractivity contribution is 5.92. The van der Waals surface area contributed by atoms with E-state index in [1.54, 1.807) is 11.0 Å². The quantitative estimate of drug-likeness (QED) is 0.790. The van der Waals surface area contributed by atoms with E-state index in [-0.39, 0.29) is 18.4 Å². The van der Waals surface area contributed by atoms with Crippen LogP contribution in [0.4, 0.5) is 0 Å². The van der Waals surface area contributed by atoms with Crippen molar-refractivity contribution in [2.24, 2.45) is 0 Å². The van der Waals surface area contributed by atoms with Gasteiger partial charge in [-0.05, 0) is 25.5 Å². The summed E-state index contributed by atoms with van der Waals surface area (Å²) in [4.78, 5) is 29.6. The van der Waals surface area contributed by atoms with Gasteiger partial charge < -0.3 is 15.0 Å². The molecule has 2 saturated heterocycles. The summed E-state index contributed by atoms with van der Waals surface area (Å²) in [5.41, 5.74) is 0.862. The Kier molecular flexibility index (Phi) is 3.17. The number of nitrogens with one attached hydrogen (secondary N) is 1. The van der Waals surface area contributed by atoms with Gasteiger partial charge in [0.1, 0.15) is 17.9 Å². The number of carbonyl (C=O) groups excluding carboxylic acids is 2. The molecular weight excluding hydrogens is 258 g/mol. The van der Waals surface area contributed by atoms with Crippen LogP contribution in [0.2, 0.25) is 0 Å². The van der Waals surface area contributed by atoms with Crippen molar-refractivity contribution in [2.75, 3.05) is 26.2 Å². The molecule has 0 bridgehead atoms. The van der Waals surface area contributed by atoms with Crippen LogP contribution in [0, 0.1) is 6.92 Å². The van der Waals surface area contributed by atoms with E-state index < -0.39 is 5.60 Å². The lowest BCUT2D eigenvalue weighted by Gasteiger charge is -2.33. The van der Waals surface area contributed by atoms with Gasteiger partial charge in [-0.15, -0.1) is 0 Å². The van der Waals surface area contributed by atoms with Crippen LogP contribution < -0.4 is 5.32 Å². The first-order valence-electron chi connectivity index (χ1n) is 6.72. The number of aromatic nitrogens is 1. The Balaban J connectivity index is 1.71. The van der Waals surface area contributed by atoms with Crippen molar-refractivity contribution in [3.8, 4) is 0 Å². The standard InChI is InChI=1S/C14H17N3O3/c1-10-3-2-4-11(16-10)13(19)17-6-5-14(9-17)8-15-12(18)7-20-14/h2-4H,5-9H2,1H3,(H,15,18). The molecule has 0 aliphatic carbocycles. The van der Waals surface area contributed by atoms with Gasteiger partial charge in [0.15, 0.2) is 0 Å². The van der Waals surface area contributed by atoms with Crippen molar-refractivity contribution in [1.29, 1.82) is 0 Å². The number of hydrogen-bond acceptors (Lipinski definition) is 4. The molecule has 2 aliphatic rings. The lowest BCUT2D eigenvalue weighted by atomic mass is 10.0. The zero-order valence-electron chi connectivity index (χ0n) is 11.4. The number of likely N-dealkylation sites (tertiary alicyclic amines) is 1. The van der Waals surface area contributed by atoms with Crippen LogP contribution in [0.5, 0.6) is 0 Å². The van der Waals surface area contributed by atoms with Crippen LogP contribution >= 0.6 is 0 Å². The van der Waals surface area contributed by atoms with Crippen molar-refractivity contribution in [2.45, 2.75) is 18.9 Å². The predicted octanol–water partition coefficient (Wildman–Crippen LogP) is 0.121. The van der Waals surface area contributed by atoms with E-state index in [1.165, 1.54) is 0 Å². The smallest absolute Gasteiger partial charge is 0.272 e.